The number of carbonyl (C=O) groups excluding carboxylic acids is 1. The van der Waals surface area contributed by atoms with E-state index in [0.717, 1.165) is 18.4 Å². The molecule has 0 spiro atoms. The highest BCUT2D eigenvalue weighted by Gasteiger charge is 2.23. The molecule has 0 aliphatic carbocycles. The van der Waals surface area contributed by atoms with Crippen molar-refractivity contribution in [2.75, 3.05) is 26.2 Å². The number of amides is 1. The van der Waals surface area contributed by atoms with Crippen molar-refractivity contribution >= 4 is 15.9 Å². The molecular weight excluding hydrogens is 354 g/mol. The van der Waals surface area contributed by atoms with Crippen molar-refractivity contribution in [1.82, 2.24) is 14.6 Å². The second-order valence-electron chi connectivity index (χ2n) is 6.31. The van der Waals surface area contributed by atoms with E-state index < -0.39 is 10.0 Å². The Morgan fingerprint density at radius 1 is 1.23 bits per heavy atom. The van der Waals surface area contributed by atoms with Crippen molar-refractivity contribution in [3.63, 3.8) is 0 Å². The number of H-pyrrole nitrogens is 1. The first-order chi connectivity index (χ1) is 12.5. The summed E-state index contributed by atoms with van der Waals surface area (Å²) in [5, 5.41) is 0. The van der Waals surface area contributed by atoms with E-state index in [-0.39, 0.29) is 24.0 Å². The molecule has 1 aliphatic rings. The minimum atomic E-state index is -3.69. The molecule has 3 rings (SSSR count). The molecule has 26 heavy (non-hydrogen) atoms. The van der Waals surface area contributed by atoms with Crippen LogP contribution in [0.1, 0.15) is 28.9 Å². The third-order valence-electron chi connectivity index (χ3n) is 4.27. The molecule has 0 atom stereocenters. The third-order valence-corrected chi connectivity index (χ3v) is 5.71. The summed E-state index contributed by atoms with van der Waals surface area (Å²) in [4.78, 5) is 16.8. The minimum Gasteiger partial charge on any atom is -0.492 e. The Morgan fingerprint density at radius 3 is 2.62 bits per heavy atom. The number of likely N-dealkylation sites (tertiary alicyclic amines) is 1. The van der Waals surface area contributed by atoms with Gasteiger partial charge in [0.15, 0.2) is 0 Å². The van der Waals surface area contributed by atoms with Crippen molar-refractivity contribution in [2.45, 2.75) is 24.7 Å². The smallest absolute Gasteiger partial charge is 0.270 e. The highest BCUT2D eigenvalue weighted by molar-refractivity contribution is 7.89. The van der Waals surface area contributed by atoms with Crippen molar-refractivity contribution < 1.29 is 17.9 Å². The lowest BCUT2D eigenvalue weighted by molar-refractivity contribution is 0.0787. The molecule has 1 fully saturated rings. The maximum absolute atomic E-state index is 12.3. The fourth-order valence-corrected chi connectivity index (χ4v) is 3.81. The van der Waals surface area contributed by atoms with Gasteiger partial charge < -0.3 is 14.6 Å². The summed E-state index contributed by atoms with van der Waals surface area (Å²) in [7, 11) is -3.69. The Balaban J connectivity index is 1.53. The van der Waals surface area contributed by atoms with Gasteiger partial charge in [0.05, 0.1) is 0 Å². The molecule has 8 heteroatoms. The molecule has 0 saturated carbocycles. The monoisotopic (exact) mass is 377 g/mol. The van der Waals surface area contributed by atoms with E-state index in [4.69, 9.17) is 4.74 Å². The standard InChI is InChI=1S/C18H23N3O4S/c1-14-4-6-15(7-5-14)25-11-8-20-26(23,24)16-12-17(19-13-16)18(22)21-9-2-3-10-21/h4-7,12-13,19-20H,2-3,8-11H2,1H3. The number of aryl methyl sites for hydroxylation is 1. The van der Waals surface area contributed by atoms with E-state index in [1.54, 1.807) is 4.90 Å². The average molecular weight is 377 g/mol. The summed E-state index contributed by atoms with van der Waals surface area (Å²) in [6.45, 7) is 3.77. The number of aromatic nitrogens is 1. The van der Waals surface area contributed by atoms with Gasteiger partial charge in [-0.3, -0.25) is 4.79 Å². The highest BCUT2D eigenvalue weighted by atomic mass is 32.2. The summed E-state index contributed by atoms with van der Waals surface area (Å²) >= 11 is 0. The number of nitrogens with zero attached hydrogens (tertiary/aromatic N) is 1. The van der Waals surface area contributed by atoms with Crippen LogP contribution in [0.5, 0.6) is 5.75 Å². The van der Waals surface area contributed by atoms with Crippen LogP contribution in [0, 0.1) is 6.92 Å². The van der Waals surface area contributed by atoms with Crippen molar-refractivity contribution in [2.24, 2.45) is 0 Å². The largest absolute Gasteiger partial charge is 0.492 e. The minimum absolute atomic E-state index is 0.0513. The van der Waals surface area contributed by atoms with Crippen LogP contribution in [0.25, 0.3) is 0 Å². The van der Waals surface area contributed by atoms with Crippen LogP contribution in [0.4, 0.5) is 0 Å². The van der Waals surface area contributed by atoms with Gasteiger partial charge in [0.25, 0.3) is 5.91 Å². The number of hydrogen-bond acceptors (Lipinski definition) is 4. The van der Waals surface area contributed by atoms with Crippen LogP contribution in [-0.2, 0) is 10.0 Å². The number of ether oxygens (including phenoxy) is 1. The summed E-state index contributed by atoms with van der Waals surface area (Å²) < 4.78 is 32.7. The number of benzene rings is 1. The van der Waals surface area contributed by atoms with Crippen LogP contribution >= 0.6 is 0 Å². The van der Waals surface area contributed by atoms with Crippen LogP contribution in [-0.4, -0.2) is 50.5 Å². The second kappa shape index (κ2) is 7.92. The van der Waals surface area contributed by atoms with Gasteiger partial charge in [0, 0.05) is 25.8 Å². The summed E-state index contributed by atoms with van der Waals surface area (Å²) in [6.07, 6.45) is 3.31. The van der Waals surface area contributed by atoms with Gasteiger partial charge in [-0.2, -0.15) is 0 Å². The Kier molecular flexibility index (Phi) is 5.63. The maximum atomic E-state index is 12.3. The topological polar surface area (TPSA) is 91.5 Å². The third kappa shape index (κ3) is 4.44. The fraction of sp³-hybridized carbons (Fsp3) is 0.389. The highest BCUT2D eigenvalue weighted by Crippen LogP contribution is 2.16. The lowest BCUT2D eigenvalue weighted by Crippen LogP contribution is -2.28. The Hall–Kier alpha value is -2.32. The van der Waals surface area contributed by atoms with E-state index in [9.17, 15) is 13.2 Å². The zero-order valence-corrected chi connectivity index (χ0v) is 15.5. The van der Waals surface area contributed by atoms with Gasteiger partial charge in [-0.1, -0.05) is 17.7 Å². The first-order valence-corrected chi connectivity index (χ1v) is 10.1. The number of sulfonamides is 1. The molecule has 140 valence electrons. The first kappa shape index (κ1) is 18.5. The predicted molar refractivity (Wildman–Crippen MR) is 97.8 cm³/mol. The fourth-order valence-electron chi connectivity index (χ4n) is 2.81. The van der Waals surface area contributed by atoms with Gasteiger partial charge in [-0.05, 0) is 38.0 Å². The zero-order chi connectivity index (χ0) is 18.6. The van der Waals surface area contributed by atoms with E-state index >= 15 is 0 Å². The van der Waals surface area contributed by atoms with Crippen LogP contribution in [0.3, 0.4) is 0 Å². The zero-order valence-electron chi connectivity index (χ0n) is 14.7. The molecule has 0 unspecified atom stereocenters. The Morgan fingerprint density at radius 2 is 1.92 bits per heavy atom. The van der Waals surface area contributed by atoms with Gasteiger partial charge >= 0.3 is 0 Å². The van der Waals surface area contributed by atoms with Crippen LogP contribution in [0.15, 0.2) is 41.4 Å². The molecule has 1 amide bonds. The van der Waals surface area contributed by atoms with Gasteiger partial charge in [0.1, 0.15) is 22.9 Å². The quantitative estimate of drug-likeness (QED) is 0.721. The molecule has 0 radical (unpaired) electrons. The molecule has 2 heterocycles. The predicted octanol–water partition coefficient (Wildman–Crippen LogP) is 1.92. The Labute approximate surface area is 153 Å². The second-order valence-corrected chi connectivity index (χ2v) is 8.07. The maximum Gasteiger partial charge on any atom is 0.270 e. The molecule has 1 aromatic heterocycles. The first-order valence-electron chi connectivity index (χ1n) is 8.62. The average Bonchev–Trinajstić information content (AvgIpc) is 3.31. The van der Waals surface area contributed by atoms with Gasteiger partial charge in [0.2, 0.25) is 10.0 Å². The number of hydrogen-bond donors (Lipinski definition) is 2. The van der Waals surface area contributed by atoms with E-state index in [0.29, 0.717) is 24.5 Å². The SMILES string of the molecule is Cc1ccc(OCCNS(=O)(=O)c2c[nH]c(C(=O)N3CCCC3)c2)cc1. The van der Waals surface area contributed by atoms with E-state index in [1.807, 2.05) is 31.2 Å². The molecule has 7 nitrogen and oxygen atoms in total. The lowest BCUT2D eigenvalue weighted by Gasteiger charge is -2.13. The molecule has 2 aromatic rings. The number of nitrogens with one attached hydrogen (secondary N) is 2. The van der Waals surface area contributed by atoms with Crippen LogP contribution in [0.2, 0.25) is 0 Å². The number of rotatable bonds is 7. The van der Waals surface area contributed by atoms with Gasteiger partial charge in [-0.25, -0.2) is 13.1 Å². The lowest BCUT2D eigenvalue weighted by atomic mass is 10.2. The number of aromatic amines is 1. The Bertz CT molecular complexity index is 853. The van der Waals surface area contributed by atoms with Crippen molar-refractivity contribution in [1.29, 1.82) is 0 Å². The van der Waals surface area contributed by atoms with E-state index in [1.165, 1.54) is 12.3 Å². The molecule has 2 N–H and O–H groups in total. The summed E-state index contributed by atoms with van der Waals surface area (Å²) in [6, 6.07) is 8.92. The van der Waals surface area contributed by atoms with E-state index in [2.05, 4.69) is 9.71 Å². The normalized spacial score (nSPS) is 14.6. The van der Waals surface area contributed by atoms with Crippen LogP contribution < -0.4 is 9.46 Å². The molecule has 1 saturated heterocycles. The molecule has 1 aliphatic heterocycles. The molecular formula is C18H23N3O4S. The van der Waals surface area contributed by atoms with Crippen molar-refractivity contribution in [3.8, 4) is 5.75 Å². The van der Waals surface area contributed by atoms with Gasteiger partial charge in [-0.15, -0.1) is 0 Å². The molecule has 1 aromatic carbocycles. The summed E-state index contributed by atoms with van der Waals surface area (Å²) in [5.41, 5.74) is 1.42. The number of carbonyl (C=O) groups is 1. The summed E-state index contributed by atoms with van der Waals surface area (Å²) in [5.74, 6) is 0.529. The van der Waals surface area contributed by atoms with Crippen molar-refractivity contribution in [3.05, 3.63) is 47.8 Å². The molecule has 0 bridgehead atoms.